The van der Waals surface area contributed by atoms with Crippen molar-refractivity contribution in [2.75, 3.05) is 0 Å². The summed E-state index contributed by atoms with van der Waals surface area (Å²) in [5.41, 5.74) is 3.23. The molecule has 0 radical (unpaired) electrons. The number of aromatic nitrogens is 2. The topological polar surface area (TPSA) is 62.7 Å². The van der Waals surface area contributed by atoms with E-state index >= 15 is 0 Å². The first-order valence-electron chi connectivity index (χ1n) is 6.50. The van der Waals surface area contributed by atoms with Gasteiger partial charge < -0.3 is 4.52 Å². The van der Waals surface area contributed by atoms with E-state index in [1.165, 1.54) is 0 Å². The van der Waals surface area contributed by atoms with E-state index in [9.17, 15) is 0 Å². The fourth-order valence-electron chi connectivity index (χ4n) is 2.03. The Morgan fingerprint density at radius 2 is 2.00 bits per heavy atom. The van der Waals surface area contributed by atoms with Gasteiger partial charge in [-0.3, -0.25) is 0 Å². The third kappa shape index (κ3) is 3.07. The van der Waals surface area contributed by atoms with Gasteiger partial charge in [-0.1, -0.05) is 28.0 Å². The third-order valence-electron chi connectivity index (χ3n) is 3.25. The summed E-state index contributed by atoms with van der Waals surface area (Å²) in [5, 5.41) is 12.7. The van der Waals surface area contributed by atoms with Crippen LogP contribution in [0.3, 0.4) is 0 Å². The minimum Gasteiger partial charge on any atom is -0.339 e. The van der Waals surface area contributed by atoms with Crippen LogP contribution in [0.4, 0.5) is 0 Å². The first-order chi connectivity index (χ1) is 9.52. The quantitative estimate of drug-likeness (QED) is 0.824. The molecule has 2 aromatic rings. The monoisotopic (exact) mass is 333 g/mol. The second-order valence-corrected chi connectivity index (χ2v) is 5.77. The molecule has 2 rings (SSSR count). The highest BCUT2D eigenvalue weighted by atomic mass is 79.9. The zero-order valence-corrected chi connectivity index (χ0v) is 13.4. The van der Waals surface area contributed by atoms with Gasteiger partial charge in [0.25, 0.3) is 0 Å². The van der Waals surface area contributed by atoms with Crippen LogP contribution in [0.5, 0.6) is 0 Å². The van der Waals surface area contributed by atoms with Crippen molar-refractivity contribution in [3.05, 3.63) is 33.6 Å². The molecule has 1 aromatic heterocycles. The molecule has 0 amide bonds. The normalized spacial score (nSPS) is 12.2. The van der Waals surface area contributed by atoms with Crippen LogP contribution in [0.2, 0.25) is 0 Å². The van der Waals surface area contributed by atoms with Gasteiger partial charge in [0.2, 0.25) is 11.7 Å². The number of hydrogen-bond acceptors (Lipinski definition) is 4. The first-order valence-corrected chi connectivity index (χ1v) is 7.30. The third-order valence-corrected chi connectivity index (χ3v) is 4.50. The number of rotatable bonds is 4. The molecular formula is C15H16BrN3O. The average molecular weight is 334 g/mol. The zero-order valence-electron chi connectivity index (χ0n) is 11.8. The molecule has 0 aliphatic heterocycles. The van der Waals surface area contributed by atoms with Crippen molar-refractivity contribution in [2.24, 2.45) is 0 Å². The molecular weight excluding hydrogens is 318 g/mol. The molecule has 0 bridgehead atoms. The van der Waals surface area contributed by atoms with E-state index in [4.69, 9.17) is 9.78 Å². The van der Waals surface area contributed by atoms with Crippen LogP contribution in [0.25, 0.3) is 11.4 Å². The molecule has 0 N–H and O–H groups in total. The Morgan fingerprint density at radius 1 is 1.35 bits per heavy atom. The van der Waals surface area contributed by atoms with Crippen LogP contribution >= 0.6 is 15.9 Å². The molecule has 1 aromatic carbocycles. The van der Waals surface area contributed by atoms with Crippen LogP contribution in [-0.2, 0) is 0 Å². The number of nitrogens with zero attached hydrogens (tertiary/aromatic N) is 3. The van der Waals surface area contributed by atoms with Gasteiger partial charge in [-0.15, -0.1) is 0 Å². The molecule has 0 saturated carbocycles. The summed E-state index contributed by atoms with van der Waals surface area (Å²) in [5.74, 6) is 1.30. The lowest BCUT2D eigenvalue weighted by Gasteiger charge is -2.05. The molecule has 1 atom stereocenters. The Hall–Kier alpha value is -1.67. The molecule has 1 heterocycles. The standard InChI is InChI=1S/C15H16BrN3O/c1-9(5-4-6-17)15-18-14(19-20-15)12-7-10(2)13(16)11(3)8-12/h7-9H,4-5H2,1-3H3. The lowest BCUT2D eigenvalue weighted by atomic mass is 10.1. The van der Waals surface area contributed by atoms with Crippen LogP contribution in [0.1, 0.15) is 42.7 Å². The summed E-state index contributed by atoms with van der Waals surface area (Å²) in [7, 11) is 0. The lowest BCUT2D eigenvalue weighted by molar-refractivity contribution is 0.355. The molecule has 5 heteroatoms. The van der Waals surface area contributed by atoms with E-state index in [0.29, 0.717) is 18.1 Å². The molecule has 0 aliphatic carbocycles. The molecule has 0 fully saturated rings. The summed E-state index contributed by atoms with van der Waals surface area (Å²) in [6.07, 6.45) is 1.23. The highest BCUT2D eigenvalue weighted by molar-refractivity contribution is 9.10. The van der Waals surface area contributed by atoms with E-state index in [1.807, 2.05) is 32.9 Å². The molecule has 0 saturated heterocycles. The van der Waals surface area contributed by atoms with E-state index in [2.05, 4.69) is 32.1 Å². The van der Waals surface area contributed by atoms with Crippen LogP contribution < -0.4 is 0 Å². The summed E-state index contributed by atoms with van der Waals surface area (Å²) >= 11 is 3.55. The van der Waals surface area contributed by atoms with Crippen LogP contribution in [-0.4, -0.2) is 10.1 Å². The van der Waals surface area contributed by atoms with Crippen molar-refractivity contribution < 1.29 is 4.52 Å². The van der Waals surface area contributed by atoms with Gasteiger partial charge >= 0.3 is 0 Å². The molecule has 0 aliphatic rings. The average Bonchev–Trinajstić information content (AvgIpc) is 2.91. The van der Waals surface area contributed by atoms with Crippen LogP contribution in [0.15, 0.2) is 21.1 Å². The van der Waals surface area contributed by atoms with Crippen molar-refractivity contribution in [1.82, 2.24) is 10.1 Å². The van der Waals surface area contributed by atoms with Gasteiger partial charge in [-0.2, -0.15) is 10.2 Å². The van der Waals surface area contributed by atoms with Gasteiger partial charge in [-0.25, -0.2) is 0 Å². The Bertz CT molecular complexity index is 634. The summed E-state index contributed by atoms with van der Waals surface area (Å²) in [6, 6.07) is 6.20. The Balaban J connectivity index is 2.27. The fourth-order valence-corrected chi connectivity index (χ4v) is 2.26. The number of halogens is 1. The van der Waals surface area contributed by atoms with E-state index < -0.39 is 0 Å². The molecule has 20 heavy (non-hydrogen) atoms. The maximum atomic E-state index is 8.61. The molecule has 0 spiro atoms. The van der Waals surface area contributed by atoms with Gasteiger partial charge in [0.1, 0.15) is 0 Å². The highest BCUT2D eigenvalue weighted by Gasteiger charge is 2.16. The van der Waals surface area contributed by atoms with Crippen molar-refractivity contribution in [3.63, 3.8) is 0 Å². The minimum atomic E-state index is 0.105. The Labute approximate surface area is 126 Å². The summed E-state index contributed by atoms with van der Waals surface area (Å²) in [4.78, 5) is 4.44. The van der Waals surface area contributed by atoms with Crippen LogP contribution in [0, 0.1) is 25.2 Å². The molecule has 1 unspecified atom stereocenters. The summed E-state index contributed by atoms with van der Waals surface area (Å²) < 4.78 is 6.41. The largest absolute Gasteiger partial charge is 0.339 e. The van der Waals surface area contributed by atoms with Gasteiger partial charge in [0, 0.05) is 22.4 Å². The second-order valence-electron chi connectivity index (χ2n) is 4.98. The molecule has 4 nitrogen and oxygen atoms in total. The second kappa shape index (κ2) is 6.19. The number of hydrogen-bond donors (Lipinski definition) is 0. The van der Waals surface area contributed by atoms with Gasteiger partial charge in [0.15, 0.2) is 0 Å². The predicted octanol–water partition coefficient (Wildman–Crippen LogP) is 4.52. The first kappa shape index (κ1) is 14.7. The Morgan fingerprint density at radius 3 is 2.60 bits per heavy atom. The maximum absolute atomic E-state index is 8.61. The van der Waals surface area contributed by atoms with Crippen molar-refractivity contribution in [3.8, 4) is 17.5 Å². The Kier molecular flexibility index (Phi) is 4.56. The maximum Gasteiger partial charge on any atom is 0.229 e. The lowest BCUT2D eigenvalue weighted by Crippen LogP contribution is -1.93. The highest BCUT2D eigenvalue weighted by Crippen LogP contribution is 2.28. The number of aryl methyl sites for hydroxylation is 2. The van der Waals surface area contributed by atoms with E-state index in [1.54, 1.807) is 0 Å². The van der Waals surface area contributed by atoms with E-state index in [0.717, 1.165) is 27.6 Å². The fraction of sp³-hybridized carbons (Fsp3) is 0.400. The summed E-state index contributed by atoms with van der Waals surface area (Å²) in [6.45, 7) is 6.07. The van der Waals surface area contributed by atoms with Crippen molar-refractivity contribution >= 4 is 15.9 Å². The zero-order chi connectivity index (χ0) is 14.7. The smallest absolute Gasteiger partial charge is 0.229 e. The number of benzene rings is 1. The van der Waals surface area contributed by atoms with Gasteiger partial charge in [0.05, 0.1) is 6.07 Å². The van der Waals surface area contributed by atoms with Crippen molar-refractivity contribution in [2.45, 2.75) is 39.5 Å². The van der Waals surface area contributed by atoms with Gasteiger partial charge in [-0.05, 0) is 43.5 Å². The van der Waals surface area contributed by atoms with Crippen molar-refractivity contribution in [1.29, 1.82) is 5.26 Å². The minimum absolute atomic E-state index is 0.105. The SMILES string of the molecule is Cc1cc(-c2noc(C(C)CCC#N)n2)cc(C)c1Br. The number of nitriles is 1. The van der Waals surface area contributed by atoms with E-state index in [-0.39, 0.29) is 5.92 Å². The molecule has 104 valence electrons. The predicted molar refractivity (Wildman–Crippen MR) is 80.2 cm³/mol.